The van der Waals surface area contributed by atoms with Crippen LogP contribution in [0.2, 0.25) is 0 Å². The quantitative estimate of drug-likeness (QED) is 0.579. The second-order valence-electron chi connectivity index (χ2n) is 5.58. The van der Waals surface area contributed by atoms with E-state index in [1.54, 1.807) is 0 Å². The number of allylic oxidation sites excluding steroid dienone is 2. The van der Waals surface area contributed by atoms with E-state index in [1.165, 1.54) is 0 Å². The lowest BCUT2D eigenvalue weighted by Crippen LogP contribution is -2.47. The molecule has 112 valence electrons. The third-order valence-electron chi connectivity index (χ3n) is 3.73. The zero-order chi connectivity index (χ0) is 14.5. The second kappa shape index (κ2) is 6.88. The fourth-order valence-electron chi connectivity index (χ4n) is 2.69. The number of ether oxygens (including phenoxy) is 2. The molecule has 5 heteroatoms. The summed E-state index contributed by atoms with van der Waals surface area (Å²) in [7, 11) is 0. The molecule has 5 nitrogen and oxygen atoms in total. The first-order chi connectivity index (χ1) is 9.59. The molecule has 2 atom stereocenters. The highest BCUT2D eigenvalue weighted by molar-refractivity contribution is 5.86. The Morgan fingerprint density at radius 3 is 2.35 bits per heavy atom. The monoisotopic (exact) mass is 281 g/mol. The van der Waals surface area contributed by atoms with Crippen molar-refractivity contribution in [1.82, 2.24) is 4.90 Å². The van der Waals surface area contributed by atoms with E-state index in [4.69, 9.17) is 9.47 Å². The molecule has 0 spiro atoms. The summed E-state index contributed by atoms with van der Waals surface area (Å²) in [5, 5.41) is 0. The van der Waals surface area contributed by atoms with Gasteiger partial charge >= 0.3 is 5.97 Å². The zero-order valence-corrected chi connectivity index (χ0v) is 12.2. The topological polar surface area (TPSA) is 55.8 Å². The van der Waals surface area contributed by atoms with Gasteiger partial charge in [0.1, 0.15) is 0 Å². The normalized spacial score (nSPS) is 26.6. The summed E-state index contributed by atoms with van der Waals surface area (Å²) in [5.74, 6) is -0.832. The number of nitrogens with zero attached hydrogens (tertiary/aromatic N) is 1. The maximum absolute atomic E-state index is 12.6. The lowest BCUT2D eigenvalue weighted by Gasteiger charge is -2.34. The van der Waals surface area contributed by atoms with Crippen molar-refractivity contribution in [3.05, 3.63) is 12.2 Å². The van der Waals surface area contributed by atoms with E-state index < -0.39 is 0 Å². The van der Waals surface area contributed by atoms with Crippen LogP contribution in [0.4, 0.5) is 0 Å². The van der Waals surface area contributed by atoms with Gasteiger partial charge in [0.15, 0.2) is 0 Å². The summed E-state index contributed by atoms with van der Waals surface area (Å²) < 4.78 is 10.6. The third kappa shape index (κ3) is 3.60. The van der Waals surface area contributed by atoms with Crippen LogP contribution in [0.1, 0.15) is 26.7 Å². The molecule has 1 saturated heterocycles. The molecule has 1 amide bonds. The van der Waals surface area contributed by atoms with E-state index in [-0.39, 0.29) is 29.8 Å². The highest BCUT2D eigenvalue weighted by Crippen LogP contribution is 2.29. The van der Waals surface area contributed by atoms with Gasteiger partial charge in [0.25, 0.3) is 0 Å². The molecule has 0 bridgehead atoms. The number of carbonyl (C=O) groups is 2. The van der Waals surface area contributed by atoms with Gasteiger partial charge in [0, 0.05) is 13.1 Å². The molecule has 1 fully saturated rings. The smallest absolute Gasteiger partial charge is 0.310 e. The lowest BCUT2D eigenvalue weighted by molar-refractivity contribution is -0.159. The molecular formula is C15H23NO4. The van der Waals surface area contributed by atoms with Gasteiger partial charge in [-0.15, -0.1) is 0 Å². The standard InChI is InChI=1S/C15H23NO4/c1-11(2)20-15(18)13-6-4-3-5-12(13)14(17)16-7-9-19-10-8-16/h3-4,11-13H,5-10H2,1-2H3. The van der Waals surface area contributed by atoms with Gasteiger partial charge < -0.3 is 14.4 Å². The molecule has 0 aromatic carbocycles. The van der Waals surface area contributed by atoms with E-state index in [1.807, 2.05) is 30.9 Å². The van der Waals surface area contributed by atoms with E-state index in [2.05, 4.69) is 0 Å². The Labute approximate surface area is 119 Å². The Morgan fingerprint density at radius 1 is 1.15 bits per heavy atom. The Hall–Kier alpha value is -1.36. The average molecular weight is 281 g/mol. The molecule has 2 aliphatic rings. The Morgan fingerprint density at radius 2 is 1.75 bits per heavy atom. The van der Waals surface area contributed by atoms with Crippen molar-refractivity contribution >= 4 is 11.9 Å². The molecule has 20 heavy (non-hydrogen) atoms. The molecule has 0 aromatic rings. The average Bonchev–Trinajstić information content (AvgIpc) is 2.46. The number of amides is 1. The maximum Gasteiger partial charge on any atom is 0.310 e. The van der Waals surface area contributed by atoms with Crippen LogP contribution in [0, 0.1) is 11.8 Å². The molecule has 1 aliphatic heterocycles. The van der Waals surface area contributed by atoms with Crippen molar-refractivity contribution in [1.29, 1.82) is 0 Å². The van der Waals surface area contributed by atoms with Crippen molar-refractivity contribution < 1.29 is 19.1 Å². The summed E-state index contributed by atoms with van der Waals surface area (Å²) in [4.78, 5) is 26.5. The first-order valence-corrected chi connectivity index (χ1v) is 7.31. The van der Waals surface area contributed by atoms with E-state index in [9.17, 15) is 9.59 Å². The summed E-state index contributed by atoms with van der Waals surface area (Å²) in [6, 6.07) is 0. The summed E-state index contributed by atoms with van der Waals surface area (Å²) >= 11 is 0. The molecule has 2 unspecified atom stereocenters. The Bertz CT molecular complexity index is 385. The fraction of sp³-hybridized carbons (Fsp3) is 0.733. The van der Waals surface area contributed by atoms with Crippen molar-refractivity contribution in [3.8, 4) is 0 Å². The molecule has 0 N–H and O–H groups in total. The van der Waals surface area contributed by atoms with E-state index in [0.29, 0.717) is 39.1 Å². The molecule has 2 rings (SSSR count). The van der Waals surface area contributed by atoms with Crippen LogP contribution in [0.3, 0.4) is 0 Å². The summed E-state index contributed by atoms with van der Waals surface area (Å²) in [6.45, 7) is 6.05. The Balaban J connectivity index is 2.04. The van der Waals surface area contributed by atoms with Gasteiger partial charge in [-0.3, -0.25) is 9.59 Å². The van der Waals surface area contributed by atoms with Gasteiger partial charge in [-0.1, -0.05) is 12.2 Å². The third-order valence-corrected chi connectivity index (χ3v) is 3.73. The number of esters is 1. The predicted octanol–water partition coefficient (Wildman–Crippen LogP) is 1.38. The van der Waals surface area contributed by atoms with Gasteiger partial charge in [-0.05, 0) is 26.7 Å². The number of hydrogen-bond acceptors (Lipinski definition) is 4. The van der Waals surface area contributed by atoms with Gasteiger partial charge in [-0.25, -0.2) is 0 Å². The van der Waals surface area contributed by atoms with Crippen LogP contribution >= 0.6 is 0 Å². The summed E-state index contributed by atoms with van der Waals surface area (Å²) in [5.41, 5.74) is 0. The van der Waals surface area contributed by atoms with E-state index in [0.717, 1.165) is 0 Å². The number of carbonyl (C=O) groups excluding carboxylic acids is 2. The first kappa shape index (κ1) is 15.0. The van der Waals surface area contributed by atoms with Gasteiger partial charge in [0.05, 0.1) is 31.2 Å². The number of hydrogen-bond donors (Lipinski definition) is 0. The van der Waals surface area contributed by atoms with Crippen molar-refractivity contribution in [2.24, 2.45) is 11.8 Å². The molecule has 0 saturated carbocycles. The fourth-order valence-corrected chi connectivity index (χ4v) is 2.69. The number of rotatable bonds is 3. The highest BCUT2D eigenvalue weighted by Gasteiger charge is 2.37. The molecule has 1 heterocycles. The molecular weight excluding hydrogens is 258 g/mol. The van der Waals surface area contributed by atoms with Crippen LogP contribution in [0.25, 0.3) is 0 Å². The van der Waals surface area contributed by atoms with Gasteiger partial charge in [0.2, 0.25) is 5.91 Å². The molecule has 0 radical (unpaired) electrons. The maximum atomic E-state index is 12.6. The van der Waals surface area contributed by atoms with Crippen LogP contribution < -0.4 is 0 Å². The first-order valence-electron chi connectivity index (χ1n) is 7.31. The minimum Gasteiger partial charge on any atom is -0.463 e. The Kier molecular flexibility index (Phi) is 5.17. The number of morpholine rings is 1. The molecule has 0 aromatic heterocycles. The minimum atomic E-state index is -0.349. The van der Waals surface area contributed by atoms with Crippen molar-refractivity contribution in [2.45, 2.75) is 32.8 Å². The van der Waals surface area contributed by atoms with Gasteiger partial charge in [-0.2, -0.15) is 0 Å². The summed E-state index contributed by atoms with van der Waals surface area (Å²) in [6.07, 6.45) is 5.02. The van der Waals surface area contributed by atoms with Crippen molar-refractivity contribution in [2.75, 3.05) is 26.3 Å². The van der Waals surface area contributed by atoms with E-state index >= 15 is 0 Å². The van der Waals surface area contributed by atoms with Crippen LogP contribution in [0.5, 0.6) is 0 Å². The SMILES string of the molecule is CC(C)OC(=O)C1CC=CCC1C(=O)N1CCOCC1. The molecule has 1 aliphatic carbocycles. The highest BCUT2D eigenvalue weighted by atomic mass is 16.5. The van der Waals surface area contributed by atoms with Crippen LogP contribution in [-0.2, 0) is 19.1 Å². The van der Waals surface area contributed by atoms with Crippen LogP contribution in [-0.4, -0.2) is 49.2 Å². The largest absolute Gasteiger partial charge is 0.463 e. The minimum absolute atomic E-state index is 0.0587. The zero-order valence-electron chi connectivity index (χ0n) is 12.2. The predicted molar refractivity (Wildman–Crippen MR) is 74.0 cm³/mol. The lowest BCUT2D eigenvalue weighted by atomic mass is 9.82. The second-order valence-corrected chi connectivity index (χ2v) is 5.58. The van der Waals surface area contributed by atoms with Crippen LogP contribution in [0.15, 0.2) is 12.2 Å². The van der Waals surface area contributed by atoms with Crippen molar-refractivity contribution in [3.63, 3.8) is 0 Å².